The number of hydrogen-bond donors (Lipinski definition) is 0. The first-order chi connectivity index (χ1) is 1.73. The summed E-state index contributed by atoms with van der Waals surface area (Å²) in [4.78, 5) is 0. The predicted molar refractivity (Wildman–Crippen MR) is 16.4 cm³/mol. The van der Waals surface area contributed by atoms with Crippen molar-refractivity contribution in [3.8, 4) is 0 Å². The van der Waals surface area contributed by atoms with E-state index in [2.05, 4.69) is 15.0 Å². The van der Waals surface area contributed by atoms with Gasteiger partial charge in [-0.15, -0.1) is 0 Å². The van der Waals surface area contributed by atoms with Gasteiger partial charge in [-0.05, 0) is 0 Å². The average molecular weight is 101 g/mol. The topological polar surface area (TPSA) is 0 Å². The zero-order valence-corrected chi connectivity index (χ0v) is 3.80. The second kappa shape index (κ2) is 1.66. The Labute approximate surface area is 34.1 Å². The molecule has 0 bridgehead atoms. The molecule has 0 N–H and O–H groups in total. The van der Waals surface area contributed by atoms with Crippen LogP contribution in [0.25, 0.3) is 0 Å². The molecule has 1 heteroatoms. The fraction of sp³-hybridized carbons (Fsp3) is 0.667. The van der Waals surface area contributed by atoms with Crippen LogP contribution in [0, 0.1) is 0 Å². The van der Waals surface area contributed by atoms with E-state index >= 15 is 0 Å². The van der Waals surface area contributed by atoms with Gasteiger partial charge >= 0.3 is 33.4 Å². The van der Waals surface area contributed by atoms with Gasteiger partial charge in [-0.1, -0.05) is 0 Å². The Bertz CT molecular complexity index is 26.3. The maximum absolute atomic E-state index is 4.29. The predicted octanol–water partition coefficient (Wildman–Crippen LogP) is 0.745. The summed E-state index contributed by atoms with van der Waals surface area (Å²) in [5.74, 6) is 0. The molecule has 0 saturated heterocycles. The number of hydrogen-bond acceptors (Lipinski definition) is 0. The first-order valence-corrected chi connectivity index (χ1v) is 1.65. The summed E-state index contributed by atoms with van der Waals surface area (Å²) in [6, 6.07) is 0. The van der Waals surface area contributed by atoms with Gasteiger partial charge in [0.2, 0.25) is 0 Å². The summed E-state index contributed by atoms with van der Waals surface area (Å²) in [5, 5.41) is 0. The Kier molecular flexibility index (Phi) is 1.81. The van der Waals surface area contributed by atoms with Gasteiger partial charge in [0.15, 0.2) is 0 Å². The summed E-state index contributed by atoms with van der Waals surface area (Å²) in [6.07, 6.45) is 0. The third-order valence-electron chi connectivity index (χ3n) is 0. The molecule has 0 aliphatic carbocycles. The fourth-order valence-corrected chi connectivity index (χ4v) is 0. The van der Waals surface area contributed by atoms with Crippen LogP contribution in [0.1, 0.15) is 13.8 Å². The van der Waals surface area contributed by atoms with Crippen LogP contribution in [-0.4, -0.2) is 4.49 Å². The second-order valence-corrected chi connectivity index (χ2v) is 1.80. The Morgan fingerprint density at radius 3 is 1.50 bits per heavy atom. The van der Waals surface area contributed by atoms with E-state index < -0.39 is 0 Å². The summed E-state index contributed by atoms with van der Waals surface area (Å²) in [6.45, 7) is 3.83. The molecule has 0 amide bonds. The van der Waals surface area contributed by atoms with Crippen molar-refractivity contribution in [3.63, 3.8) is 0 Å². The van der Waals surface area contributed by atoms with Crippen molar-refractivity contribution < 1.29 is 15.0 Å². The monoisotopic (exact) mass is 100.0 g/mol. The van der Waals surface area contributed by atoms with E-state index in [1.54, 1.807) is 0 Å². The molecule has 0 heterocycles. The minimum absolute atomic E-state index is 1.04. The first-order valence-electron chi connectivity index (χ1n) is 1.16. The van der Waals surface area contributed by atoms with Crippen molar-refractivity contribution in [2.24, 2.45) is 0 Å². The van der Waals surface area contributed by atoms with Gasteiger partial charge in [-0.3, -0.25) is 0 Å². The summed E-state index contributed by atoms with van der Waals surface area (Å²) in [7, 11) is 0. The molecule has 0 fully saturated rings. The normalized spacial score (nSPS) is 7.00. The molecule has 0 rings (SSSR count). The van der Waals surface area contributed by atoms with E-state index in [4.69, 9.17) is 0 Å². The average Bonchev–Trinajstić information content (AvgIpc) is 0.811. The molecular formula is C3H6Ni. The molecule has 0 radical (unpaired) electrons. The van der Waals surface area contributed by atoms with Crippen LogP contribution in [-0.2, 0) is 15.0 Å². The van der Waals surface area contributed by atoms with Crippen molar-refractivity contribution in [2.45, 2.75) is 13.8 Å². The van der Waals surface area contributed by atoms with Crippen molar-refractivity contribution in [2.75, 3.05) is 0 Å². The Hall–Kier alpha value is 0.364. The fourth-order valence-electron chi connectivity index (χ4n) is 0. The van der Waals surface area contributed by atoms with Crippen LogP contribution in [0.2, 0.25) is 0 Å². The minimum atomic E-state index is 1.04. The van der Waals surface area contributed by atoms with E-state index in [1.165, 1.54) is 0 Å². The molecule has 4 heavy (non-hydrogen) atoms. The van der Waals surface area contributed by atoms with Crippen LogP contribution in [0.5, 0.6) is 0 Å². The quantitative estimate of drug-likeness (QED) is 0.394. The zero-order chi connectivity index (χ0) is 3.58. The van der Waals surface area contributed by atoms with Gasteiger partial charge < -0.3 is 0 Å². The SMILES string of the molecule is C[C](C)=[Ni]. The second-order valence-electron chi connectivity index (χ2n) is 0.816. The van der Waals surface area contributed by atoms with Gasteiger partial charge in [0.1, 0.15) is 0 Å². The third kappa shape index (κ3) is 33.3. The van der Waals surface area contributed by atoms with Gasteiger partial charge in [-0.25, -0.2) is 0 Å². The van der Waals surface area contributed by atoms with Crippen LogP contribution in [0.15, 0.2) is 0 Å². The summed E-state index contributed by atoms with van der Waals surface area (Å²) < 4.78 is 1.04. The Morgan fingerprint density at radius 2 is 1.50 bits per heavy atom. The third-order valence-corrected chi connectivity index (χ3v) is 0. The van der Waals surface area contributed by atoms with Crippen molar-refractivity contribution >= 4 is 4.49 Å². The van der Waals surface area contributed by atoms with E-state index in [0.29, 0.717) is 0 Å². The van der Waals surface area contributed by atoms with Crippen LogP contribution in [0.3, 0.4) is 0 Å². The van der Waals surface area contributed by atoms with Gasteiger partial charge in [0, 0.05) is 0 Å². The molecule has 0 aromatic carbocycles. The Balaban J connectivity index is 2.80. The summed E-state index contributed by atoms with van der Waals surface area (Å²) in [5.41, 5.74) is 0. The molecular weight excluding hydrogens is 94.7 g/mol. The molecule has 0 unspecified atom stereocenters. The Morgan fingerprint density at radius 1 is 1.50 bits per heavy atom. The number of rotatable bonds is 0. The summed E-state index contributed by atoms with van der Waals surface area (Å²) >= 11 is 4.29. The molecule has 28 valence electrons. The van der Waals surface area contributed by atoms with Gasteiger partial charge in [-0.2, -0.15) is 0 Å². The van der Waals surface area contributed by atoms with Crippen molar-refractivity contribution in [1.29, 1.82) is 0 Å². The van der Waals surface area contributed by atoms with Crippen LogP contribution >= 0.6 is 0 Å². The molecule has 0 saturated carbocycles. The van der Waals surface area contributed by atoms with Gasteiger partial charge in [0.25, 0.3) is 0 Å². The molecule has 0 nitrogen and oxygen atoms in total. The van der Waals surface area contributed by atoms with E-state index in [0.717, 1.165) is 4.49 Å². The zero-order valence-electron chi connectivity index (χ0n) is 2.82. The van der Waals surface area contributed by atoms with Gasteiger partial charge in [0.05, 0.1) is 0 Å². The molecule has 0 spiro atoms. The van der Waals surface area contributed by atoms with E-state index in [9.17, 15) is 0 Å². The van der Waals surface area contributed by atoms with E-state index in [1.807, 2.05) is 13.8 Å². The van der Waals surface area contributed by atoms with Crippen molar-refractivity contribution in [1.82, 2.24) is 0 Å². The molecule has 0 aliphatic rings. The molecule has 0 aromatic heterocycles. The maximum atomic E-state index is 4.29. The van der Waals surface area contributed by atoms with Crippen LogP contribution in [0.4, 0.5) is 0 Å². The molecule has 0 atom stereocenters. The first kappa shape index (κ1) is 4.36. The molecule has 0 aliphatic heterocycles. The van der Waals surface area contributed by atoms with Crippen LogP contribution < -0.4 is 0 Å². The molecule has 0 aromatic rings. The van der Waals surface area contributed by atoms with E-state index in [-0.39, 0.29) is 0 Å². The van der Waals surface area contributed by atoms with Crippen molar-refractivity contribution in [3.05, 3.63) is 0 Å². The standard InChI is InChI=1S/C3H6.Ni/c1-3-2;/h1-2H3;.